The van der Waals surface area contributed by atoms with Gasteiger partial charge in [-0.25, -0.2) is 0 Å². The van der Waals surface area contributed by atoms with Crippen LogP contribution in [0, 0.1) is 6.92 Å². The van der Waals surface area contributed by atoms with Gasteiger partial charge in [0.05, 0.1) is 25.5 Å². The monoisotopic (exact) mass is 391 g/mol. The molecule has 6 nitrogen and oxygen atoms in total. The van der Waals surface area contributed by atoms with Crippen molar-refractivity contribution in [3.8, 4) is 11.5 Å². The average Bonchev–Trinajstić information content (AvgIpc) is 2.76. The summed E-state index contributed by atoms with van der Waals surface area (Å²) in [6.45, 7) is 3.07. The van der Waals surface area contributed by atoms with E-state index in [9.17, 15) is 4.79 Å². The first-order valence-corrected chi connectivity index (χ1v) is 9.32. The van der Waals surface area contributed by atoms with Gasteiger partial charge in [-0.3, -0.25) is 9.78 Å². The van der Waals surface area contributed by atoms with Gasteiger partial charge < -0.3 is 20.1 Å². The van der Waals surface area contributed by atoms with Crippen LogP contribution in [0.2, 0.25) is 0 Å². The molecular weight excluding hydrogens is 366 g/mol. The maximum atomic E-state index is 12.5. The van der Waals surface area contributed by atoms with Crippen molar-refractivity contribution in [1.82, 2.24) is 10.3 Å². The van der Waals surface area contributed by atoms with Gasteiger partial charge in [-0.1, -0.05) is 35.9 Å². The Morgan fingerprint density at radius 3 is 2.48 bits per heavy atom. The molecular formula is C23H25N3O3. The number of hydrogen-bond donors (Lipinski definition) is 2. The van der Waals surface area contributed by atoms with Crippen LogP contribution < -0.4 is 20.1 Å². The number of amides is 1. The molecule has 0 atom stereocenters. The van der Waals surface area contributed by atoms with Crippen LogP contribution in [0.25, 0.3) is 0 Å². The lowest BCUT2D eigenvalue weighted by Gasteiger charge is -2.11. The van der Waals surface area contributed by atoms with Gasteiger partial charge >= 0.3 is 0 Å². The highest BCUT2D eigenvalue weighted by atomic mass is 16.5. The molecule has 2 N–H and O–H groups in total. The highest BCUT2D eigenvalue weighted by molar-refractivity contribution is 5.94. The predicted molar refractivity (Wildman–Crippen MR) is 113 cm³/mol. The normalized spacial score (nSPS) is 10.3. The first kappa shape index (κ1) is 20.2. The Morgan fingerprint density at radius 1 is 0.931 bits per heavy atom. The molecule has 0 aliphatic carbocycles. The van der Waals surface area contributed by atoms with Crippen molar-refractivity contribution >= 4 is 11.6 Å². The van der Waals surface area contributed by atoms with Gasteiger partial charge in [-0.15, -0.1) is 0 Å². The van der Waals surface area contributed by atoms with Crippen molar-refractivity contribution in [2.45, 2.75) is 20.0 Å². The van der Waals surface area contributed by atoms with Gasteiger partial charge in [0.25, 0.3) is 5.91 Å². The third-order valence-electron chi connectivity index (χ3n) is 4.48. The Hall–Kier alpha value is -3.54. The molecule has 0 aliphatic rings. The number of benzene rings is 2. The second-order valence-electron chi connectivity index (χ2n) is 6.68. The third-order valence-corrected chi connectivity index (χ3v) is 4.48. The number of ether oxygens (including phenoxy) is 2. The number of rotatable bonds is 8. The molecule has 0 unspecified atom stereocenters. The molecule has 0 saturated carbocycles. The Balaban J connectivity index is 1.61. The summed E-state index contributed by atoms with van der Waals surface area (Å²) in [4.78, 5) is 16.7. The molecule has 6 heteroatoms. The molecule has 0 fully saturated rings. The number of carbonyl (C=O) groups excluding carboxylic acids is 1. The van der Waals surface area contributed by atoms with Crippen molar-refractivity contribution in [2.24, 2.45) is 0 Å². The number of aryl methyl sites for hydroxylation is 1. The summed E-state index contributed by atoms with van der Waals surface area (Å²) in [5.74, 6) is 1.20. The summed E-state index contributed by atoms with van der Waals surface area (Å²) in [7, 11) is 3.22. The zero-order valence-corrected chi connectivity index (χ0v) is 16.9. The molecule has 0 saturated heterocycles. The van der Waals surface area contributed by atoms with E-state index >= 15 is 0 Å². The number of hydrogen-bond acceptors (Lipinski definition) is 5. The quantitative estimate of drug-likeness (QED) is 0.608. The summed E-state index contributed by atoms with van der Waals surface area (Å²) in [5, 5.41) is 6.22. The first-order valence-electron chi connectivity index (χ1n) is 9.32. The van der Waals surface area contributed by atoms with E-state index in [2.05, 4.69) is 21.7 Å². The lowest BCUT2D eigenvalue weighted by atomic mass is 10.1. The Morgan fingerprint density at radius 2 is 1.72 bits per heavy atom. The minimum atomic E-state index is -0.159. The molecule has 150 valence electrons. The zero-order chi connectivity index (χ0) is 20.6. The van der Waals surface area contributed by atoms with E-state index in [0.717, 1.165) is 16.8 Å². The summed E-state index contributed by atoms with van der Waals surface area (Å²) >= 11 is 0. The summed E-state index contributed by atoms with van der Waals surface area (Å²) < 4.78 is 10.6. The fourth-order valence-electron chi connectivity index (χ4n) is 2.96. The Bertz CT molecular complexity index is 989. The number of nitrogens with zero attached hydrogens (tertiary/aromatic N) is 1. The van der Waals surface area contributed by atoms with Gasteiger partial charge in [0, 0.05) is 25.5 Å². The van der Waals surface area contributed by atoms with Crippen molar-refractivity contribution in [3.05, 3.63) is 83.2 Å². The summed E-state index contributed by atoms with van der Waals surface area (Å²) in [6, 6.07) is 15.6. The third kappa shape index (κ3) is 5.48. The lowest BCUT2D eigenvalue weighted by molar-refractivity contribution is 0.0950. The van der Waals surface area contributed by atoms with Gasteiger partial charge in [0.15, 0.2) is 11.5 Å². The predicted octanol–water partition coefficient (Wildman–Crippen LogP) is 3.95. The van der Waals surface area contributed by atoms with E-state index < -0.39 is 0 Å². The number of aromatic nitrogens is 1. The second-order valence-corrected chi connectivity index (χ2v) is 6.68. The molecule has 29 heavy (non-hydrogen) atoms. The van der Waals surface area contributed by atoms with Gasteiger partial charge in [0.2, 0.25) is 0 Å². The fraction of sp³-hybridized carbons (Fsp3) is 0.217. The van der Waals surface area contributed by atoms with Crippen LogP contribution in [0.3, 0.4) is 0 Å². The molecule has 0 bridgehead atoms. The van der Waals surface area contributed by atoms with Crippen LogP contribution in [0.5, 0.6) is 11.5 Å². The van der Waals surface area contributed by atoms with E-state index in [1.165, 1.54) is 5.56 Å². The van der Waals surface area contributed by atoms with E-state index in [-0.39, 0.29) is 5.91 Å². The van der Waals surface area contributed by atoms with E-state index in [4.69, 9.17) is 9.47 Å². The van der Waals surface area contributed by atoms with Crippen LogP contribution in [0.4, 0.5) is 5.69 Å². The van der Waals surface area contributed by atoms with Crippen molar-refractivity contribution in [2.75, 3.05) is 19.5 Å². The highest BCUT2D eigenvalue weighted by Crippen LogP contribution is 2.27. The molecule has 3 rings (SSSR count). The molecule has 0 aliphatic heterocycles. The smallest absolute Gasteiger partial charge is 0.253 e. The molecule has 2 aromatic carbocycles. The van der Waals surface area contributed by atoms with Gasteiger partial charge in [-0.05, 0) is 36.2 Å². The zero-order valence-electron chi connectivity index (χ0n) is 16.9. The van der Waals surface area contributed by atoms with Crippen molar-refractivity contribution in [3.63, 3.8) is 0 Å². The Kier molecular flexibility index (Phi) is 6.68. The maximum Gasteiger partial charge on any atom is 0.253 e. The van der Waals surface area contributed by atoms with Crippen molar-refractivity contribution in [1.29, 1.82) is 0 Å². The molecule has 1 amide bonds. The molecule has 1 heterocycles. The topological polar surface area (TPSA) is 72.5 Å². The van der Waals surface area contributed by atoms with Crippen LogP contribution in [0.1, 0.15) is 27.0 Å². The molecule has 3 aromatic rings. The summed E-state index contributed by atoms with van der Waals surface area (Å²) in [5.41, 5.74) is 4.53. The molecule has 0 radical (unpaired) electrons. The van der Waals surface area contributed by atoms with E-state index in [0.29, 0.717) is 30.2 Å². The number of pyridine rings is 1. The average molecular weight is 391 g/mol. The van der Waals surface area contributed by atoms with Crippen molar-refractivity contribution < 1.29 is 14.3 Å². The number of methoxy groups -OCH3 is 2. The molecule has 1 aromatic heterocycles. The first-order chi connectivity index (χ1) is 14.1. The maximum absolute atomic E-state index is 12.5. The van der Waals surface area contributed by atoms with Gasteiger partial charge in [-0.2, -0.15) is 0 Å². The SMILES string of the molecule is COc1ccc(CNc2cncc(C(=O)NCc3cccc(C)c3)c2)cc1OC. The largest absolute Gasteiger partial charge is 0.493 e. The Labute approximate surface area is 170 Å². The number of carbonyl (C=O) groups is 1. The van der Waals surface area contributed by atoms with E-state index in [1.807, 2.05) is 43.3 Å². The van der Waals surface area contributed by atoms with Crippen LogP contribution >= 0.6 is 0 Å². The summed E-state index contributed by atoms with van der Waals surface area (Å²) in [6.07, 6.45) is 3.26. The minimum Gasteiger partial charge on any atom is -0.493 e. The van der Waals surface area contributed by atoms with Crippen LogP contribution in [-0.2, 0) is 13.1 Å². The van der Waals surface area contributed by atoms with Crippen LogP contribution in [-0.4, -0.2) is 25.1 Å². The minimum absolute atomic E-state index is 0.159. The van der Waals surface area contributed by atoms with Crippen LogP contribution in [0.15, 0.2) is 60.9 Å². The lowest BCUT2D eigenvalue weighted by Crippen LogP contribution is -2.23. The number of nitrogens with one attached hydrogen (secondary N) is 2. The van der Waals surface area contributed by atoms with Gasteiger partial charge in [0.1, 0.15) is 0 Å². The molecule has 0 spiro atoms. The highest BCUT2D eigenvalue weighted by Gasteiger charge is 2.08. The standard InChI is InChI=1S/C23H25N3O3/c1-16-5-4-6-17(9-16)13-26-23(27)19-11-20(15-24-14-19)25-12-18-7-8-21(28-2)22(10-18)29-3/h4-11,14-15,25H,12-13H2,1-3H3,(H,26,27). The second kappa shape index (κ2) is 9.59. The van der Waals surface area contributed by atoms with E-state index in [1.54, 1.807) is 32.7 Å². The fourth-order valence-corrected chi connectivity index (χ4v) is 2.96. The number of anilines is 1.